The number of aromatic nitrogens is 2. The number of H-pyrrole nitrogens is 1. The van der Waals surface area contributed by atoms with Gasteiger partial charge in [-0.1, -0.05) is 33.3 Å². The summed E-state index contributed by atoms with van der Waals surface area (Å²) in [7, 11) is 0. The number of aromatic amines is 1. The molecular weight excluding hydrogens is 210 g/mol. The topological polar surface area (TPSA) is 54.7 Å². The van der Waals surface area contributed by atoms with Crippen LogP contribution in [-0.2, 0) is 0 Å². The van der Waals surface area contributed by atoms with Crippen molar-refractivity contribution >= 4 is 11.0 Å². The van der Waals surface area contributed by atoms with Crippen molar-refractivity contribution in [3.63, 3.8) is 0 Å². The highest BCUT2D eigenvalue weighted by Gasteiger charge is 2.11. The molecule has 0 spiro atoms. The average molecular weight is 231 g/mol. The molecule has 0 amide bonds. The first kappa shape index (κ1) is 12.1. The first-order valence-corrected chi connectivity index (χ1v) is 6.37. The van der Waals surface area contributed by atoms with Gasteiger partial charge < -0.3 is 10.7 Å². The maximum atomic E-state index is 6.07. The van der Waals surface area contributed by atoms with Crippen molar-refractivity contribution in [1.82, 2.24) is 9.97 Å². The SMILES string of the molecule is CCCC(N)c1nc2ccc(C(C)C)cc2[nH]1. The van der Waals surface area contributed by atoms with E-state index in [1.807, 2.05) is 0 Å². The third kappa shape index (κ3) is 2.50. The highest BCUT2D eigenvalue weighted by Crippen LogP contribution is 2.22. The lowest BCUT2D eigenvalue weighted by atomic mass is 10.0. The van der Waals surface area contributed by atoms with Crippen LogP contribution in [0.2, 0.25) is 0 Å². The van der Waals surface area contributed by atoms with E-state index < -0.39 is 0 Å². The molecule has 17 heavy (non-hydrogen) atoms. The third-order valence-electron chi connectivity index (χ3n) is 3.14. The number of benzene rings is 1. The quantitative estimate of drug-likeness (QED) is 0.846. The summed E-state index contributed by atoms with van der Waals surface area (Å²) in [4.78, 5) is 7.89. The molecule has 3 N–H and O–H groups in total. The second-order valence-electron chi connectivity index (χ2n) is 4.95. The van der Waals surface area contributed by atoms with E-state index >= 15 is 0 Å². The average Bonchev–Trinajstić information content (AvgIpc) is 2.71. The largest absolute Gasteiger partial charge is 0.341 e. The molecule has 3 heteroatoms. The van der Waals surface area contributed by atoms with Crippen LogP contribution in [-0.4, -0.2) is 9.97 Å². The van der Waals surface area contributed by atoms with E-state index in [1.54, 1.807) is 0 Å². The molecule has 3 nitrogen and oxygen atoms in total. The summed E-state index contributed by atoms with van der Waals surface area (Å²) in [5, 5.41) is 0. The van der Waals surface area contributed by atoms with Gasteiger partial charge in [-0.3, -0.25) is 0 Å². The lowest BCUT2D eigenvalue weighted by molar-refractivity contribution is 0.610. The van der Waals surface area contributed by atoms with Gasteiger partial charge in [-0.2, -0.15) is 0 Å². The molecule has 0 saturated carbocycles. The second-order valence-corrected chi connectivity index (χ2v) is 4.95. The zero-order chi connectivity index (χ0) is 12.4. The van der Waals surface area contributed by atoms with Crippen LogP contribution in [0.4, 0.5) is 0 Å². The van der Waals surface area contributed by atoms with E-state index in [1.165, 1.54) is 5.56 Å². The van der Waals surface area contributed by atoms with Crippen molar-refractivity contribution in [2.75, 3.05) is 0 Å². The first-order chi connectivity index (χ1) is 8.11. The van der Waals surface area contributed by atoms with Crippen molar-refractivity contribution in [1.29, 1.82) is 0 Å². The van der Waals surface area contributed by atoms with Crippen LogP contribution in [0.1, 0.15) is 57.0 Å². The highest BCUT2D eigenvalue weighted by molar-refractivity contribution is 5.76. The van der Waals surface area contributed by atoms with Gasteiger partial charge in [0.15, 0.2) is 0 Å². The number of hydrogen-bond donors (Lipinski definition) is 2. The summed E-state index contributed by atoms with van der Waals surface area (Å²) in [5.74, 6) is 1.44. The summed E-state index contributed by atoms with van der Waals surface area (Å²) in [6.07, 6.45) is 2.05. The predicted octanol–water partition coefficient (Wildman–Crippen LogP) is 3.49. The van der Waals surface area contributed by atoms with Gasteiger partial charge in [0.1, 0.15) is 5.82 Å². The van der Waals surface area contributed by atoms with E-state index in [0.717, 1.165) is 29.7 Å². The molecule has 1 aromatic heterocycles. The van der Waals surface area contributed by atoms with E-state index in [4.69, 9.17) is 5.73 Å². The molecular formula is C14H21N3. The normalized spacial score (nSPS) is 13.5. The standard InChI is InChI=1S/C14H21N3/c1-4-5-11(15)14-16-12-7-6-10(9(2)3)8-13(12)17-14/h6-9,11H,4-5,15H2,1-3H3,(H,16,17). The Bertz CT molecular complexity index is 499. The fourth-order valence-corrected chi connectivity index (χ4v) is 2.03. The van der Waals surface area contributed by atoms with Crippen LogP contribution < -0.4 is 5.73 Å². The highest BCUT2D eigenvalue weighted by atomic mass is 15.0. The van der Waals surface area contributed by atoms with Crippen molar-refractivity contribution in [3.8, 4) is 0 Å². The summed E-state index contributed by atoms with van der Waals surface area (Å²) in [6.45, 7) is 6.53. The Kier molecular flexibility index (Phi) is 3.48. The number of imidazole rings is 1. The summed E-state index contributed by atoms with van der Waals surface area (Å²) >= 11 is 0. The minimum Gasteiger partial charge on any atom is -0.341 e. The van der Waals surface area contributed by atoms with E-state index in [9.17, 15) is 0 Å². The van der Waals surface area contributed by atoms with Crippen LogP contribution in [0, 0.1) is 0 Å². The minimum atomic E-state index is 0.0231. The van der Waals surface area contributed by atoms with Crippen LogP contribution in [0.3, 0.4) is 0 Å². The molecule has 0 aliphatic rings. The first-order valence-electron chi connectivity index (χ1n) is 6.37. The molecule has 1 unspecified atom stereocenters. The molecule has 1 atom stereocenters. The molecule has 0 bridgehead atoms. The number of nitrogens with one attached hydrogen (secondary N) is 1. The Morgan fingerprint density at radius 3 is 2.76 bits per heavy atom. The Labute approximate surface area is 102 Å². The summed E-state index contributed by atoms with van der Waals surface area (Å²) in [6, 6.07) is 6.41. The Morgan fingerprint density at radius 2 is 2.12 bits per heavy atom. The zero-order valence-corrected chi connectivity index (χ0v) is 10.8. The van der Waals surface area contributed by atoms with Crippen LogP contribution in [0.5, 0.6) is 0 Å². The number of rotatable bonds is 4. The van der Waals surface area contributed by atoms with Gasteiger partial charge in [-0.25, -0.2) is 4.98 Å². The van der Waals surface area contributed by atoms with Crippen LogP contribution >= 0.6 is 0 Å². The Balaban J connectivity index is 2.36. The maximum absolute atomic E-state index is 6.07. The number of nitrogens with zero attached hydrogens (tertiary/aromatic N) is 1. The molecule has 0 aliphatic carbocycles. The van der Waals surface area contributed by atoms with Gasteiger partial charge in [-0.15, -0.1) is 0 Å². The van der Waals surface area contributed by atoms with Crippen molar-refractivity contribution in [2.45, 2.75) is 45.6 Å². The fraction of sp³-hybridized carbons (Fsp3) is 0.500. The smallest absolute Gasteiger partial charge is 0.124 e. The molecule has 2 rings (SSSR count). The van der Waals surface area contributed by atoms with Gasteiger partial charge in [-0.05, 0) is 30.0 Å². The lowest BCUT2D eigenvalue weighted by Crippen LogP contribution is -2.11. The molecule has 0 saturated heterocycles. The number of hydrogen-bond acceptors (Lipinski definition) is 2. The number of nitrogens with two attached hydrogens (primary N) is 1. The van der Waals surface area contributed by atoms with Gasteiger partial charge >= 0.3 is 0 Å². The minimum absolute atomic E-state index is 0.0231. The molecule has 0 aliphatic heterocycles. The second kappa shape index (κ2) is 4.88. The third-order valence-corrected chi connectivity index (χ3v) is 3.14. The van der Waals surface area contributed by atoms with Gasteiger partial charge in [0.05, 0.1) is 17.1 Å². The Hall–Kier alpha value is -1.35. The van der Waals surface area contributed by atoms with Gasteiger partial charge in [0.25, 0.3) is 0 Å². The maximum Gasteiger partial charge on any atom is 0.124 e. The molecule has 92 valence electrons. The molecule has 0 radical (unpaired) electrons. The number of fused-ring (bicyclic) bond motifs is 1. The molecule has 1 heterocycles. The lowest BCUT2D eigenvalue weighted by Gasteiger charge is -2.05. The zero-order valence-electron chi connectivity index (χ0n) is 10.8. The van der Waals surface area contributed by atoms with Crippen LogP contribution in [0.25, 0.3) is 11.0 Å². The van der Waals surface area contributed by atoms with Crippen molar-refractivity contribution < 1.29 is 0 Å². The summed E-state index contributed by atoms with van der Waals surface area (Å²) in [5.41, 5.74) is 9.51. The van der Waals surface area contributed by atoms with Gasteiger partial charge in [0, 0.05) is 0 Å². The summed E-state index contributed by atoms with van der Waals surface area (Å²) < 4.78 is 0. The molecule has 2 aromatic rings. The molecule has 1 aromatic carbocycles. The monoisotopic (exact) mass is 231 g/mol. The van der Waals surface area contributed by atoms with Crippen molar-refractivity contribution in [2.24, 2.45) is 5.73 Å². The fourth-order valence-electron chi connectivity index (χ4n) is 2.03. The Morgan fingerprint density at radius 1 is 1.35 bits per heavy atom. The van der Waals surface area contributed by atoms with Crippen LogP contribution in [0.15, 0.2) is 18.2 Å². The van der Waals surface area contributed by atoms with E-state index in [2.05, 4.69) is 48.9 Å². The predicted molar refractivity (Wildman–Crippen MR) is 72.0 cm³/mol. The van der Waals surface area contributed by atoms with E-state index in [0.29, 0.717) is 5.92 Å². The van der Waals surface area contributed by atoms with Gasteiger partial charge in [0.2, 0.25) is 0 Å². The van der Waals surface area contributed by atoms with E-state index in [-0.39, 0.29) is 6.04 Å². The van der Waals surface area contributed by atoms with Crippen molar-refractivity contribution in [3.05, 3.63) is 29.6 Å². The molecule has 0 fully saturated rings.